The van der Waals surface area contributed by atoms with E-state index in [1.54, 1.807) is 6.33 Å². The first-order chi connectivity index (χ1) is 10.5. The van der Waals surface area contributed by atoms with Crippen LogP contribution in [-0.4, -0.2) is 33.7 Å². The molecule has 0 aliphatic carbocycles. The molecule has 5 heteroatoms. The van der Waals surface area contributed by atoms with Crippen LogP contribution in [0.25, 0.3) is 11.0 Å². The Hall–Kier alpha value is -1.88. The Morgan fingerprint density at radius 2 is 2.05 bits per heavy atom. The van der Waals surface area contributed by atoms with E-state index in [1.165, 1.54) is 0 Å². The van der Waals surface area contributed by atoms with Crippen LogP contribution >= 0.6 is 0 Å². The molecule has 5 nitrogen and oxygen atoms in total. The van der Waals surface area contributed by atoms with Crippen molar-refractivity contribution in [3.05, 3.63) is 30.6 Å². The third-order valence-electron chi connectivity index (χ3n) is 3.91. The zero-order valence-electron chi connectivity index (χ0n) is 13.5. The van der Waals surface area contributed by atoms with Gasteiger partial charge in [-0.2, -0.15) is 0 Å². The number of carbonyl (C=O) groups is 1. The molecular formula is C17H25N3O2. The van der Waals surface area contributed by atoms with Crippen molar-refractivity contribution in [2.24, 2.45) is 11.8 Å². The van der Waals surface area contributed by atoms with Gasteiger partial charge in [-0.1, -0.05) is 26.0 Å². The molecule has 1 aromatic carbocycles. The number of benzene rings is 1. The van der Waals surface area contributed by atoms with Crippen molar-refractivity contribution < 1.29 is 9.90 Å². The van der Waals surface area contributed by atoms with Crippen LogP contribution < -0.4 is 5.32 Å². The zero-order chi connectivity index (χ0) is 16.1. The van der Waals surface area contributed by atoms with Gasteiger partial charge >= 0.3 is 0 Å². The Balaban J connectivity index is 2.00. The lowest BCUT2D eigenvalue weighted by molar-refractivity contribution is -0.124. The van der Waals surface area contributed by atoms with Crippen molar-refractivity contribution in [3.63, 3.8) is 0 Å². The van der Waals surface area contributed by atoms with E-state index in [-0.39, 0.29) is 24.5 Å². The van der Waals surface area contributed by atoms with Crippen LogP contribution in [-0.2, 0) is 4.79 Å². The molecule has 2 atom stereocenters. The number of rotatable bonds is 7. The molecule has 0 unspecified atom stereocenters. The van der Waals surface area contributed by atoms with Gasteiger partial charge in [-0.25, -0.2) is 4.98 Å². The van der Waals surface area contributed by atoms with E-state index in [1.807, 2.05) is 35.8 Å². The normalized spacial score (nSPS) is 14.2. The lowest BCUT2D eigenvalue weighted by atomic mass is 9.98. The second-order valence-electron chi connectivity index (χ2n) is 6.24. The fourth-order valence-corrected chi connectivity index (χ4v) is 2.69. The standard InChI is InChI=1S/C17H25N3O2/c1-12(2)8-14(10-21)9-18-17(22)13(3)20-11-19-15-6-4-5-7-16(15)20/h4-7,11-14,21H,8-10H2,1-3H3,(H,18,22)/t13-,14-/m0/s1. The average molecular weight is 303 g/mol. The number of para-hydroxylation sites is 2. The highest BCUT2D eigenvalue weighted by Crippen LogP contribution is 2.17. The van der Waals surface area contributed by atoms with E-state index >= 15 is 0 Å². The molecule has 0 spiro atoms. The van der Waals surface area contributed by atoms with Gasteiger partial charge in [0, 0.05) is 13.2 Å². The number of aromatic nitrogens is 2. The summed E-state index contributed by atoms with van der Waals surface area (Å²) < 4.78 is 1.88. The third kappa shape index (κ3) is 3.85. The fourth-order valence-electron chi connectivity index (χ4n) is 2.69. The number of aliphatic hydroxyl groups excluding tert-OH is 1. The number of hydrogen-bond donors (Lipinski definition) is 2. The number of aliphatic hydroxyl groups is 1. The highest BCUT2D eigenvalue weighted by molar-refractivity contribution is 5.83. The van der Waals surface area contributed by atoms with Crippen LogP contribution in [0.1, 0.15) is 33.2 Å². The van der Waals surface area contributed by atoms with E-state index in [9.17, 15) is 9.90 Å². The number of carbonyl (C=O) groups excluding carboxylic acids is 1. The van der Waals surface area contributed by atoms with Gasteiger partial charge in [-0.15, -0.1) is 0 Å². The van der Waals surface area contributed by atoms with Crippen molar-refractivity contribution >= 4 is 16.9 Å². The highest BCUT2D eigenvalue weighted by atomic mass is 16.3. The van der Waals surface area contributed by atoms with Crippen LogP contribution in [0.4, 0.5) is 0 Å². The molecule has 0 aliphatic heterocycles. The summed E-state index contributed by atoms with van der Waals surface area (Å²) in [5.41, 5.74) is 1.83. The van der Waals surface area contributed by atoms with Crippen LogP contribution in [0.2, 0.25) is 0 Å². The first-order valence-corrected chi connectivity index (χ1v) is 7.83. The number of fused-ring (bicyclic) bond motifs is 1. The van der Waals surface area contributed by atoms with E-state index < -0.39 is 0 Å². The van der Waals surface area contributed by atoms with Crippen molar-refractivity contribution in [3.8, 4) is 0 Å². The largest absolute Gasteiger partial charge is 0.396 e. The van der Waals surface area contributed by atoms with Gasteiger partial charge in [0.05, 0.1) is 17.4 Å². The average Bonchev–Trinajstić information content (AvgIpc) is 2.93. The molecule has 2 rings (SSSR count). The second-order valence-corrected chi connectivity index (χ2v) is 6.24. The van der Waals surface area contributed by atoms with Crippen LogP contribution in [0.5, 0.6) is 0 Å². The maximum atomic E-state index is 12.3. The van der Waals surface area contributed by atoms with Crippen molar-refractivity contribution in [1.82, 2.24) is 14.9 Å². The number of amides is 1. The summed E-state index contributed by atoms with van der Waals surface area (Å²) >= 11 is 0. The predicted octanol–water partition coefficient (Wildman–Crippen LogP) is 2.37. The van der Waals surface area contributed by atoms with E-state index in [4.69, 9.17) is 0 Å². The molecule has 2 aromatic rings. The first-order valence-electron chi connectivity index (χ1n) is 7.83. The van der Waals surface area contributed by atoms with E-state index in [0.717, 1.165) is 17.5 Å². The summed E-state index contributed by atoms with van der Waals surface area (Å²) in [6.45, 7) is 6.70. The summed E-state index contributed by atoms with van der Waals surface area (Å²) in [5, 5.41) is 12.3. The molecule has 0 saturated heterocycles. The summed E-state index contributed by atoms with van der Waals surface area (Å²) in [6.07, 6.45) is 2.60. The minimum Gasteiger partial charge on any atom is -0.396 e. The van der Waals surface area contributed by atoms with E-state index in [2.05, 4.69) is 24.1 Å². The minimum atomic E-state index is -0.328. The number of imidazole rings is 1. The molecule has 1 aromatic heterocycles. The SMILES string of the molecule is CC(C)C[C@H](CO)CNC(=O)[C@H](C)n1cnc2ccccc21. The van der Waals surface area contributed by atoms with Crippen molar-refractivity contribution in [2.75, 3.05) is 13.2 Å². The highest BCUT2D eigenvalue weighted by Gasteiger charge is 2.18. The lowest BCUT2D eigenvalue weighted by Crippen LogP contribution is -2.35. The first kappa shape index (κ1) is 16.5. The number of nitrogens with zero attached hydrogens (tertiary/aromatic N) is 2. The maximum absolute atomic E-state index is 12.3. The van der Waals surface area contributed by atoms with Crippen LogP contribution in [0.15, 0.2) is 30.6 Å². The molecule has 0 aliphatic rings. The number of hydrogen-bond acceptors (Lipinski definition) is 3. The van der Waals surface area contributed by atoms with Gasteiger partial charge in [0.2, 0.25) is 5.91 Å². The topological polar surface area (TPSA) is 67.2 Å². The van der Waals surface area contributed by atoms with Crippen molar-refractivity contribution in [1.29, 1.82) is 0 Å². The van der Waals surface area contributed by atoms with Crippen molar-refractivity contribution in [2.45, 2.75) is 33.2 Å². The zero-order valence-corrected chi connectivity index (χ0v) is 13.5. The van der Waals surface area contributed by atoms with Gasteiger partial charge in [-0.3, -0.25) is 4.79 Å². The van der Waals surface area contributed by atoms with Gasteiger partial charge < -0.3 is 15.0 Å². The Morgan fingerprint density at radius 3 is 2.73 bits per heavy atom. The van der Waals surface area contributed by atoms with Gasteiger partial charge in [0.25, 0.3) is 0 Å². The summed E-state index contributed by atoms with van der Waals surface area (Å²) in [4.78, 5) is 16.7. The lowest BCUT2D eigenvalue weighted by Gasteiger charge is -2.19. The molecule has 2 N–H and O–H groups in total. The molecule has 0 radical (unpaired) electrons. The second kappa shape index (κ2) is 7.40. The summed E-state index contributed by atoms with van der Waals surface area (Å²) in [7, 11) is 0. The fraction of sp³-hybridized carbons (Fsp3) is 0.529. The smallest absolute Gasteiger partial charge is 0.242 e. The van der Waals surface area contributed by atoms with Crippen LogP contribution in [0.3, 0.4) is 0 Å². The minimum absolute atomic E-state index is 0.0506. The summed E-state index contributed by atoms with van der Waals surface area (Å²) in [6, 6.07) is 7.44. The molecule has 22 heavy (non-hydrogen) atoms. The Kier molecular flexibility index (Phi) is 5.55. The third-order valence-corrected chi connectivity index (χ3v) is 3.91. The monoisotopic (exact) mass is 303 g/mol. The molecule has 1 amide bonds. The Labute approximate surface area is 131 Å². The molecule has 0 saturated carbocycles. The molecule has 120 valence electrons. The summed E-state index contributed by atoms with van der Waals surface area (Å²) in [5.74, 6) is 0.560. The number of nitrogens with one attached hydrogen (secondary N) is 1. The maximum Gasteiger partial charge on any atom is 0.242 e. The molecule has 0 bridgehead atoms. The Bertz CT molecular complexity index is 621. The molecular weight excluding hydrogens is 278 g/mol. The van der Waals surface area contributed by atoms with Crippen LogP contribution in [0, 0.1) is 11.8 Å². The van der Waals surface area contributed by atoms with Gasteiger partial charge in [-0.05, 0) is 37.3 Å². The van der Waals surface area contributed by atoms with Gasteiger partial charge in [0.15, 0.2) is 0 Å². The van der Waals surface area contributed by atoms with Gasteiger partial charge in [0.1, 0.15) is 6.04 Å². The quantitative estimate of drug-likeness (QED) is 0.825. The Morgan fingerprint density at radius 1 is 1.32 bits per heavy atom. The molecule has 1 heterocycles. The predicted molar refractivity (Wildman–Crippen MR) is 87.5 cm³/mol. The molecule has 0 fully saturated rings. The van der Waals surface area contributed by atoms with E-state index in [0.29, 0.717) is 12.5 Å².